The third-order valence-electron chi connectivity index (χ3n) is 6.47. The molecule has 0 unspecified atom stereocenters. The van der Waals surface area contributed by atoms with Crippen molar-refractivity contribution in [2.24, 2.45) is 11.7 Å². The highest BCUT2D eigenvalue weighted by molar-refractivity contribution is 5.80. The van der Waals surface area contributed by atoms with Crippen LogP contribution in [0.1, 0.15) is 30.0 Å². The minimum absolute atomic E-state index is 0.119. The van der Waals surface area contributed by atoms with Gasteiger partial charge in [-0.25, -0.2) is 4.79 Å². The third kappa shape index (κ3) is 4.49. The Hall–Kier alpha value is -2.86. The van der Waals surface area contributed by atoms with Crippen molar-refractivity contribution in [3.63, 3.8) is 0 Å². The maximum Gasteiger partial charge on any atom is 0.314 e. The van der Waals surface area contributed by atoms with Gasteiger partial charge in [-0.2, -0.15) is 0 Å². The van der Waals surface area contributed by atoms with Crippen LogP contribution in [0, 0.1) is 5.92 Å². The number of urea groups is 1. The second-order valence-corrected chi connectivity index (χ2v) is 8.36. The van der Waals surface area contributed by atoms with E-state index in [0.717, 1.165) is 39.0 Å². The number of nitrogens with zero attached hydrogens (tertiary/aromatic N) is 2. The number of rotatable bonds is 4. The zero-order chi connectivity index (χ0) is 20.9. The number of nitrogens with one attached hydrogen (secondary N) is 1. The van der Waals surface area contributed by atoms with Crippen LogP contribution in [0.5, 0.6) is 0 Å². The minimum Gasteiger partial charge on any atom is -0.351 e. The van der Waals surface area contributed by atoms with E-state index in [1.54, 1.807) is 4.90 Å². The van der Waals surface area contributed by atoms with E-state index in [0.29, 0.717) is 13.1 Å². The first-order valence-electron chi connectivity index (χ1n) is 10.9. The van der Waals surface area contributed by atoms with Crippen molar-refractivity contribution in [2.75, 3.05) is 39.3 Å². The SMILES string of the molecule is NC(=O)N1CCC[C@@H](C(=O)N2CC[NH+](C(c3ccccc3)c3ccccc3)CC2)C1. The Balaban J connectivity index is 1.43. The van der Waals surface area contributed by atoms with Crippen LogP contribution < -0.4 is 10.6 Å². The molecule has 2 fully saturated rings. The maximum atomic E-state index is 13.1. The van der Waals surface area contributed by atoms with Gasteiger partial charge in [0.2, 0.25) is 5.91 Å². The highest BCUT2D eigenvalue weighted by atomic mass is 16.2. The molecule has 2 aliphatic rings. The summed E-state index contributed by atoms with van der Waals surface area (Å²) in [6.45, 7) is 4.43. The Kier molecular flexibility index (Phi) is 6.33. The van der Waals surface area contributed by atoms with Gasteiger partial charge in [0, 0.05) is 24.2 Å². The number of quaternary nitrogens is 1. The van der Waals surface area contributed by atoms with E-state index in [4.69, 9.17) is 5.73 Å². The average Bonchev–Trinajstić information content (AvgIpc) is 2.81. The number of carbonyl (C=O) groups excluding carboxylic acids is 2. The van der Waals surface area contributed by atoms with Crippen LogP contribution in [0.2, 0.25) is 0 Å². The van der Waals surface area contributed by atoms with E-state index in [-0.39, 0.29) is 17.9 Å². The summed E-state index contributed by atoms with van der Waals surface area (Å²) in [6, 6.07) is 21.1. The molecule has 4 rings (SSSR count). The molecule has 2 aromatic carbocycles. The lowest BCUT2D eigenvalue weighted by atomic mass is 9.95. The van der Waals surface area contributed by atoms with E-state index < -0.39 is 6.03 Å². The Labute approximate surface area is 178 Å². The molecular formula is C24H31N4O2+. The van der Waals surface area contributed by atoms with Gasteiger partial charge in [0.1, 0.15) is 6.04 Å². The highest BCUT2D eigenvalue weighted by Gasteiger charge is 2.35. The minimum atomic E-state index is -0.421. The van der Waals surface area contributed by atoms with Gasteiger partial charge in [0.05, 0.1) is 32.1 Å². The molecule has 0 aliphatic carbocycles. The Morgan fingerprint density at radius 1 is 0.867 bits per heavy atom. The molecule has 3 N–H and O–H groups in total. The first kappa shape index (κ1) is 20.4. The number of benzene rings is 2. The monoisotopic (exact) mass is 407 g/mol. The summed E-state index contributed by atoms with van der Waals surface area (Å²) in [5, 5.41) is 0. The summed E-state index contributed by atoms with van der Waals surface area (Å²) in [7, 11) is 0. The number of carbonyl (C=O) groups is 2. The largest absolute Gasteiger partial charge is 0.351 e. The van der Waals surface area contributed by atoms with E-state index in [2.05, 4.69) is 60.7 Å². The topological polar surface area (TPSA) is 71.1 Å². The van der Waals surface area contributed by atoms with Crippen LogP contribution in [0.4, 0.5) is 4.79 Å². The summed E-state index contributed by atoms with van der Waals surface area (Å²) in [4.78, 5) is 29.7. The summed E-state index contributed by atoms with van der Waals surface area (Å²) in [6.07, 6.45) is 1.68. The number of amides is 3. The van der Waals surface area contributed by atoms with Gasteiger partial charge in [-0.1, -0.05) is 60.7 Å². The fourth-order valence-electron chi connectivity index (χ4n) is 4.89. The van der Waals surface area contributed by atoms with Crippen molar-refractivity contribution in [3.05, 3.63) is 71.8 Å². The van der Waals surface area contributed by atoms with Crippen molar-refractivity contribution < 1.29 is 14.5 Å². The fraction of sp³-hybridized carbons (Fsp3) is 0.417. The number of likely N-dealkylation sites (tertiary alicyclic amines) is 1. The first-order valence-corrected chi connectivity index (χ1v) is 10.9. The van der Waals surface area contributed by atoms with Crippen LogP contribution in [-0.4, -0.2) is 61.0 Å². The lowest BCUT2D eigenvalue weighted by Crippen LogP contribution is -3.15. The van der Waals surface area contributed by atoms with Crippen LogP contribution >= 0.6 is 0 Å². The van der Waals surface area contributed by atoms with E-state index in [1.165, 1.54) is 16.0 Å². The lowest BCUT2D eigenvalue weighted by molar-refractivity contribution is -0.929. The molecule has 2 aromatic rings. The smallest absolute Gasteiger partial charge is 0.314 e. The van der Waals surface area contributed by atoms with Crippen LogP contribution in [0.25, 0.3) is 0 Å². The Morgan fingerprint density at radius 2 is 1.43 bits per heavy atom. The average molecular weight is 408 g/mol. The fourth-order valence-corrected chi connectivity index (χ4v) is 4.89. The van der Waals surface area contributed by atoms with Gasteiger partial charge in [-0.3, -0.25) is 4.79 Å². The van der Waals surface area contributed by atoms with Crippen molar-refractivity contribution in [1.82, 2.24) is 9.80 Å². The number of piperidine rings is 1. The van der Waals surface area contributed by atoms with Gasteiger partial charge >= 0.3 is 6.03 Å². The number of hydrogen-bond donors (Lipinski definition) is 2. The highest BCUT2D eigenvalue weighted by Crippen LogP contribution is 2.21. The molecule has 0 aromatic heterocycles. The molecule has 0 saturated carbocycles. The quantitative estimate of drug-likeness (QED) is 0.802. The molecule has 0 bridgehead atoms. The third-order valence-corrected chi connectivity index (χ3v) is 6.47. The lowest BCUT2D eigenvalue weighted by Gasteiger charge is -2.39. The molecular weight excluding hydrogens is 376 g/mol. The second-order valence-electron chi connectivity index (χ2n) is 8.36. The standard InChI is InChI=1S/C24H30N4O2/c25-24(30)28-13-7-12-21(18-28)23(29)27-16-14-26(15-17-27)22(19-8-3-1-4-9-19)20-10-5-2-6-11-20/h1-6,8-11,21-22H,7,12-18H2,(H2,25,30)/p+1/t21-/m1/s1. The molecule has 6 nitrogen and oxygen atoms in total. The first-order chi connectivity index (χ1) is 14.6. The van der Waals surface area contributed by atoms with E-state index in [9.17, 15) is 9.59 Å². The van der Waals surface area contributed by atoms with Gasteiger partial charge < -0.3 is 20.4 Å². The number of primary amides is 1. The van der Waals surface area contributed by atoms with Crippen LogP contribution in [0.3, 0.4) is 0 Å². The molecule has 0 radical (unpaired) electrons. The van der Waals surface area contributed by atoms with Gasteiger partial charge in [-0.05, 0) is 12.8 Å². The van der Waals surface area contributed by atoms with Crippen molar-refractivity contribution in [2.45, 2.75) is 18.9 Å². The molecule has 30 heavy (non-hydrogen) atoms. The summed E-state index contributed by atoms with van der Waals surface area (Å²) in [5.74, 6) is 0.0582. The summed E-state index contributed by atoms with van der Waals surface area (Å²) >= 11 is 0. The number of nitrogens with two attached hydrogens (primary N) is 1. The Morgan fingerprint density at radius 3 is 1.97 bits per heavy atom. The predicted octanol–water partition coefficient (Wildman–Crippen LogP) is 1.29. The van der Waals surface area contributed by atoms with Gasteiger partial charge in [-0.15, -0.1) is 0 Å². The predicted molar refractivity (Wildman–Crippen MR) is 116 cm³/mol. The van der Waals surface area contributed by atoms with Crippen LogP contribution in [-0.2, 0) is 4.79 Å². The zero-order valence-corrected chi connectivity index (χ0v) is 17.4. The molecule has 158 valence electrons. The van der Waals surface area contributed by atoms with E-state index >= 15 is 0 Å². The van der Waals surface area contributed by atoms with Gasteiger partial charge in [0.15, 0.2) is 0 Å². The normalized spacial score (nSPS) is 20.4. The van der Waals surface area contributed by atoms with Crippen molar-refractivity contribution in [1.29, 1.82) is 0 Å². The second kappa shape index (κ2) is 9.30. The van der Waals surface area contributed by atoms with Crippen molar-refractivity contribution in [3.8, 4) is 0 Å². The zero-order valence-electron chi connectivity index (χ0n) is 17.4. The van der Waals surface area contributed by atoms with Crippen LogP contribution in [0.15, 0.2) is 60.7 Å². The summed E-state index contributed by atoms with van der Waals surface area (Å²) < 4.78 is 0. The summed E-state index contributed by atoms with van der Waals surface area (Å²) in [5.41, 5.74) is 8.05. The molecule has 2 saturated heterocycles. The molecule has 2 aliphatic heterocycles. The number of hydrogen-bond acceptors (Lipinski definition) is 2. The molecule has 2 heterocycles. The maximum absolute atomic E-state index is 13.1. The van der Waals surface area contributed by atoms with Crippen molar-refractivity contribution >= 4 is 11.9 Å². The molecule has 3 amide bonds. The molecule has 1 atom stereocenters. The van der Waals surface area contributed by atoms with Gasteiger partial charge in [0.25, 0.3) is 0 Å². The Bertz CT molecular complexity index is 811. The number of piperazine rings is 1. The molecule has 6 heteroatoms. The van der Waals surface area contributed by atoms with E-state index in [1.807, 2.05) is 4.90 Å². The molecule has 0 spiro atoms.